The number of amides is 2. The topological polar surface area (TPSA) is 62.3 Å². The number of benzene rings is 2. The van der Waals surface area contributed by atoms with E-state index in [0.29, 0.717) is 23.0 Å². The van der Waals surface area contributed by atoms with Gasteiger partial charge in [0, 0.05) is 36.9 Å². The minimum Gasteiger partial charge on any atom is -0.493 e. The first kappa shape index (κ1) is 25.2. The third kappa shape index (κ3) is 5.83. The second kappa shape index (κ2) is 11.2. The molecule has 35 heavy (non-hydrogen) atoms. The molecule has 2 fully saturated rings. The summed E-state index contributed by atoms with van der Waals surface area (Å²) in [6.07, 6.45) is 3.37. The quantitative estimate of drug-likeness (QED) is 0.362. The third-order valence-electron chi connectivity index (χ3n) is 5.95. The van der Waals surface area contributed by atoms with Crippen LogP contribution in [0.15, 0.2) is 54.0 Å². The highest BCUT2D eigenvalue weighted by molar-refractivity contribution is 8.18. The van der Waals surface area contributed by atoms with Gasteiger partial charge in [-0.3, -0.25) is 19.4 Å². The van der Waals surface area contributed by atoms with Gasteiger partial charge in [0.1, 0.15) is 6.61 Å². The molecule has 2 aliphatic heterocycles. The first-order chi connectivity index (χ1) is 16.9. The van der Waals surface area contributed by atoms with Gasteiger partial charge in [0.05, 0.1) is 18.7 Å². The maximum absolute atomic E-state index is 13.0. The number of rotatable bonds is 8. The molecule has 2 heterocycles. The molecule has 2 aromatic rings. The number of methoxy groups -OCH3 is 1. The van der Waals surface area contributed by atoms with E-state index in [1.165, 1.54) is 4.90 Å². The first-order valence-corrected chi connectivity index (χ1v) is 12.5. The molecule has 0 bridgehead atoms. The van der Waals surface area contributed by atoms with Crippen molar-refractivity contribution in [2.45, 2.75) is 6.92 Å². The molecule has 0 unspecified atom stereocenters. The molecule has 9 heteroatoms. The van der Waals surface area contributed by atoms with Gasteiger partial charge in [-0.05, 0) is 60.2 Å². The van der Waals surface area contributed by atoms with Gasteiger partial charge < -0.3 is 14.4 Å². The zero-order valence-electron chi connectivity index (χ0n) is 19.8. The van der Waals surface area contributed by atoms with E-state index in [2.05, 4.69) is 22.4 Å². The van der Waals surface area contributed by atoms with Crippen molar-refractivity contribution < 1.29 is 19.1 Å². The average molecular weight is 514 g/mol. The summed E-state index contributed by atoms with van der Waals surface area (Å²) < 4.78 is 11.0. The Morgan fingerprint density at radius 1 is 1.09 bits per heavy atom. The summed E-state index contributed by atoms with van der Waals surface area (Å²) in [5, 5.41) is 0.498. The van der Waals surface area contributed by atoms with Crippen molar-refractivity contribution in [2.24, 2.45) is 0 Å². The smallest absolute Gasteiger partial charge is 0.294 e. The van der Waals surface area contributed by atoms with Crippen molar-refractivity contribution in [1.29, 1.82) is 0 Å². The first-order valence-electron chi connectivity index (χ1n) is 11.3. The van der Waals surface area contributed by atoms with Crippen LogP contribution in [-0.2, 0) is 4.79 Å². The summed E-state index contributed by atoms with van der Waals surface area (Å²) >= 11 is 7.24. The molecule has 0 spiro atoms. The molecule has 4 rings (SSSR count). The minimum absolute atomic E-state index is 0.258. The van der Waals surface area contributed by atoms with Crippen LogP contribution in [0.3, 0.4) is 0 Å². The van der Waals surface area contributed by atoms with Crippen molar-refractivity contribution in [2.75, 3.05) is 51.5 Å². The van der Waals surface area contributed by atoms with Gasteiger partial charge in [0.2, 0.25) is 0 Å². The highest BCUT2D eigenvalue weighted by atomic mass is 35.5. The van der Waals surface area contributed by atoms with E-state index in [-0.39, 0.29) is 17.8 Å². The van der Waals surface area contributed by atoms with Gasteiger partial charge in [-0.15, -0.1) is 0 Å². The van der Waals surface area contributed by atoms with Crippen LogP contribution in [0, 0.1) is 6.92 Å². The van der Waals surface area contributed by atoms with E-state index in [1.807, 2.05) is 25.1 Å². The molecule has 0 aliphatic carbocycles. The number of hydrogen-bond acceptors (Lipinski definition) is 7. The number of halogens is 1. The standard InChI is InChI=1S/C26H28ClN3O4S/c1-4-13-34-22-8-6-19(14-23(22)33-3)15-24-25(31)30(26(32)35-24)17-28-9-11-29(12-10-28)20-7-5-18(2)21(27)16-20/h4-8,14-16H,1,9-13,17H2,2-3H3/b24-15+. The van der Waals surface area contributed by atoms with Crippen LogP contribution >= 0.6 is 23.4 Å². The monoisotopic (exact) mass is 513 g/mol. The number of hydrogen-bond donors (Lipinski definition) is 0. The Bertz CT molecular complexity index is 1160. The molecule has 7 nitrogen and oxygen atoms in total. The summed E-state index contributed by atoms with van der Waals surface area (Å²) in [4.78, 5) is 31.7. The number of anilines is 1. The van der Waals surface area contributed by atoms with Crippen LogP contribution in [-0.4, -0.2) is 67.5 Å². The molecule has 2 amide bonds. The molecule has 2 aliphatic rings. The van der Waals surface area contributed by atoms with Crippen molar-refractivity contribution in [1.82, 2.24) is 9.80 Å². The molecular formula is C26H28ClN3O4S. The molecule has 2 saturated heterocycles. The molecule has 0 saturated carbocycles. The second-order valence-electron chi connectivity index (χ2n) is 8.30. The van der Waals surface area contributed by atoms with E-state index >= 15 is 0 Å². The van der Waals surface area contributed by atoms with Crippen molar-refractivity contribution >= 4 is 46.3 Å². The average Bonchev–Trinajstić information content (AvgIpc) is 3.12. The zero-order valence-corrected chi connectivity index (χ0v) is 21.4. The number of ether oxygens (including phenoxy) is 2. The Balaban J connectivity index is 1.38. The molecule has 0 aromatic heterocycles. The molecule has 0 atom stereocenters. The van der Waals surface area contributed by atoms with Crippen LogP contribution < -0.4 is 14.4 Å². The maximum Gasteiger partial charge on any atom is 0.294 e. The zero-order chi connectivity index (χ0) is 24.9. The summed E-state index contributed by atoms with van der Waals surface area (Å²) in [5.41, 5.74) is 2.89. The van der Waals surface area contributed by atoms with Crippen LogP contribution in [0.4, 0.5) is 10.5 Å². The number of carbonyl (C=O) groups is 2. The van der Waals surface area contributed by atoms with Crippen LogP contribution in [0.2, 0.25) is 5.02 Å². The lowest BCUT2D eigenvalue weighted by molar-refractivity contribution is -0.124. The molecule has 2 aromatic carbocycles. The SMILES string of the molecule is C=CCOc1ccc(/C=C2/SC(=O)N(CN3CCN(c4ccc(C)c(Cl)c4)CC3)C2=O)cc1OC. The Kier molecular flexibility index (Phi) is 8.05. The summed E-state index contributed by atoms with van der Waals surface area (Å²) in [6, 6.07) is 11.5. The highest BCUT2D eigenvalue weighted by Crippen LogP contribution is 2.35. The van der Waals surface area contributed by atoms with Crippen LogP contribution in [0.25, 0.3) is 6.08 Å². The molecule has 184 valence electrons. The van der Waals surface area contributed by atoms with Gasteiger partial charge in [0.15, 0.2) is 11.5 Å². The van der Waals surface area contributed by atoms with Gasteiger partial charge in [-0.25, -0.2) is 0 Å². The Hall–Kier alpha value is -2.94. The van der Waals surface area contributed by atoms with Crippen molar-refractivity contribution in [3.05, 3.63) is 70.1 Å². The van der Waals surface area contributed by atoms with Gasteiger partial charge in [-0.2, -0.15) is 0 Å². The second-order valence-corrected chi connectivity index (χ2v) is 9.70. The van der Waals surface area contributed by atoms with E-state index in [4.69, 9.17) is 21.1 Å². The highest BCUT2D eigenvalue weighted by Gasteiger charge is 2.36. The van der Waals surface area contributed by atoms with Gasteiger partial charge in [-0.1, -0.05) is 36.4 Å². The molecule has 0 radical (unpaired) electrons. The van der Waals surface area contributed by atoms with E-state index in [0.717, 1.165) is 59.8 Å². The van der Waals surface area contributed by atoms with Crippen molar-refractivity contribution in [3.63, 3.8) is 0 Å². The molecular weight excluding hydrogens is 486 g/mol. The van der Waals surface area contributed by atoms with E-state index in [1.54, 1.807) is 31.4 Å². The lowest BCUT2D eigenvalue weighted by Gasteiger charge is -2.37. The van der Waals surface area contributed by atoms with Crippen LogP contribution in [0.1, 0.15) is 11.1 Å². The Labute approximate surface area is 214 Å². The predicted octanol–water partition coefficient (Wildman–Crippen LogP) is 5.04. The molecule has 0 N–H and O–H groups in total. The third-order valence-corrected chi connectivity index (χ3v) is 7.26. The van der Waals surface area contributed by atoms with Gasteiger partial charge >= 0.3 is 0 Å². The summed E-state index contributed by atoms with van der Waals surface area (Å²) in [7, 11) is 1.56. The minimum atomic E-state index is -0.279. The summed E-state index contributed by atoms with van der Waals surface area (Å²) in [6.45, 7) is 9.36. The normalized spacial score (nSPS) is 17.9. The van der Waals surface area contributed by atoms with Crippen molar-refractivity contribution in [3.8, 4) is 11.5 Å². The number of imide groups is 1. The lowest BCUT2D eigenvalue weighted by atomic mass is 10.2. The Morgan fingerprint density at radius 2 is 1.86 bits per heavy atom. The fraction of sp³-hybridized carbons (Fsp3) is 0.308. The van der Waals surface area contributed by atoms with E-state index in [9.17, 15) is 9.59 Å². The summed E-state index contributed by atoms with van der Waals surface area (Å²) in [5.74, 6) is 0.857. The Morgan fingerprint density at radius 3 is 2.54 bits per heavy atom. The van der Waals surface area contributed by atoms with E-state index < -0.39 is 0 Å². The number of aryl methyl sites for hydroxylation is 1. The number of carbonyl (C=O) groups excluding carboxylic acids is 2. The van der Waals surface area contributed by atoms with Gasteiger partial charge in [0.25, 0.3) is 11.1 Å². The fourth-order valence-corrected chi connectivity index (χ4v) is 4.95. The van der Waals surface area contributed by atoms with Crippen LogP contribution in [0.5, 0.6) is 11.5 Å². The number of thioether (sulfide) groups is 1. The fourth-order valence-electron chi connectivity index (χ4n) is 3.94. The predicted molar refractivity (Wildman–Crippen MR) is 141 cm³/mol. The number of piperazine rings is 1. The number of nitrogens with zero attached hydrogens (tertiary/aromatic N) is 3. The largest absolute Gasteiger partial charge is 0.493 e. The lowest BCUT2D eigenvalue weighted by Crippen LogP contribution is -2.50. The maximum atomic E-state index is 13.0.